The maximum absolute atomic E-state index is 10.8. The van der Waals surface area contributed by atoms with Gasteiger partial charge in [-0.2, -0.15) is 0 Å². The van der Waals surface area contributed by atoms with E-state index >= 15 is 0 Å². The molecule has 0 aromatic heterocycles. The molecule has 0 saturated heterocycles. The van der Waals surface area contributed by atoms with Crippen LogP contribution in [0.25, 0.3) is 0 Å². The lowest BCUT2D eigenvalue weighted by atomic mass is 9.80. The molecule has 1 amide bonds. The highest BCUT2D eigenvalue weighted by Crippen LogP contribution is 2.31. The fourth-order valence-electron chi connectivity index (χ4n) is 2.58. The SMILES string of the molecule is CC(=O)NCCc1ccc(C(C)NCC2(O)CCC2)cc1. The average Bonchev–Trinajstić information content (AvgIpc) is 2.43. The maximum atomic E-state index is 10.8. The standard InChI is InChI=1S/C17H26N2O2/c1-13(19-12-17(21)9-3-10-17)16-6-4-15(5-7-16)8-11-18-14(2)20/h4-7,13,19,21H,3,8-12H2,1-2H3,(H,18,20). The van der Waals surface area contributed by atoms with Gasteiger partial charge in [0.2, 0.25) is 5.91 Å². The predicted octanol–water partition coefficient (Wildman–Crippen LogP) is 1.93. The van der Waals surface area contributed by atoms with Crippen LogP contribution < -0.4 is 10.6 Å². The van der Waals surface area contributed by atoms with E-state index in [1.807, 2.05) is 0 Å². The first-order chi connectivity index (χ1) is 9.98. The molecule has 4 heteroatoms. The minimum atomic E-state index is -0.480. The van der Waals surface area contributed by atoms with Crippen LogP contribution in [0.4, 0.5) is 0 Å². The molecule has 0 radical (unpaired) electrons. The molecule has 3 N–H and O–H groups in total. The first-order valence-corrected chi connectivity index (χ1v) is 7.78. The predicted molar refractivity (Wildman–Crippen MR) is 84.0 cm³/mol. The molecule has 1 aromatic carbocycles. The van der Waals surface area contributed by atoms with Crippen molar-refractivity contribution in [1.82, 2.24) is 10.6 Å². The quantitative estimate of drug-likeness (QED) is 0.719. The number of hydrogen-bond acceptors (Lipinski definition) is 3. The number of carbonyl (C=O) groups is 1. The molecule has 1 saturated carbocycles. The van der Waals surface area contributed by atoms with Crippen molar-refractivity contribution >= 4 is 5.91 Å². The normalized spacial score (nSPS) is 17.9. The Kier molecular flexibility index (Phi) is 5.37. The van der Waals surface area contributed by atoms with Gasteiger partial charge >= 0.3 is 0 Å². The van der Waals surface area contributed by atoms with Gasteiger partial charge in [0, 0.05) is 26.1 Å². The second-order valence-corrected chi connectivity index (χ2v) is 6.16. The van der Waals surface area contributed by atoms with E-state index in [0.29, 0.717) is 13.1 Å². The number of rotatable bonds is 7. The number of nitrogens with one attached hydrogen (secondary N) is 2. The van der Waals surface area contributed by atoms with E-state index in [1.54, 1.807) is 0 Å². The number of carbonyl (C=O) groups excluding carboxylic acids is 1. The Morgan fingerprint density at radius 2 is 2.00 bits per heavy atom. The Labute approximate surface area is 126 Å². The van der Waals surface area contributed by atoms with Crippen LogP contribution in [0.3, 0.4) is 0 Å². The van der Waals surface area contributed by atoms with E-state index in [1.165, 1.54) is 18.1 Å². The summed E-state index contributed by atoms with van der Waals surface area (Å²) in [6.07, 6.45) is 3.81. The summed E-state index contributed by atoms with van der Waals surface area (Å²) in [5.41, 5.74) is 1.96. The van der Waals surface area contributed by atoms with Crippen molar-refractivity contribution in [2.24, 2.45) is 0 Å². The largest absolute Gasteiger partial charge is 0.389 e. The first-order valence-electron chi connectivity index (χ1n) is 7.78. The molecule has 0 spiro atoms. The molecule has 2 rings (SSSR count). The van der Waals surface area contributed by atoms with Gasteiger partial charge in [-0.25, -0.2) is 0 Å². The van der Waals surface area contributed by atoms with Crippen LogP contribution in [0.1, 0.15) is 50.3 Å². The van der Waals surface area contributed by atoms with E-state index in [-0.39, 0.29) is 11.9 Å². The van der Waals surface area contributed by atoms with Crippen molar-refractivity contribution in [1.29, 1.82) is 0 Å². The maximum Gasteiger partial charge on any atom is 0.216 e. The van der Waals surface area contributed by atoms with Crippen LogP contribution in [0, 0.1) is 0 Å². The summed E-state index contributed by atoms with van der Waals surface area (Å²) in [4.78, 5) is 10.8. The van der Waals surface area contributed by atoms with Gasteiger partial charge in [-0.1, -0.05) is 24.3 Å². The van der Waals surface area contributed by atoms with E-state index < -0.39 is 5.60 Å². The summed E-state index contributed by atoms with van der Waals surface area (Å²) < 4.78 is 0. The Hall–Kier alpha value is -1.39. The summed E-state index contributed by atoms with van der Waals surface area (Å²) in [5, 5.41) is 16.3. The number of aliphatic hydroxyl groups is 1. The lowest BCUT2D eigenvalue weighted by Crippen LogP contribution is -2.46. The van der Waals surface area contributed by atoms with Crippen molar-refractivity contribution < 1.29 is 9.90 Å². The van der Waals surface area contributed by atoms with Gasteiger partial charge in [0.25, 0.3) is 0 Å². The Morgan fingerprint density at radius 1 is 1.33 bits per heavy atom. The van der Waals surface area contributed by atoms with E-state index in [4.69, 9.17) is 0 Å². The second-order valence-electron chi connectivity index (χ2n) is 6.16. The number of amides is 1. The highest BCUT2D eigenvalue weighted by Gasteiger charge is 2.34. The van der Waals surface area contributed by atoms with E-state index in [0.717, 1.165) is 25.7 Å². The van der Waals surface area contributed by atoms with E-state index in [2.05, 4.69) is 41.8 Å². The molecular formula is C17H26N2O2. The van der Waals surface area contributed by atoms with Crippen molar-refractivity contribution in [3.05, 3.63) is 35.4 Å². The summed E-state index contributed by atoms with van der Waals surface area (Å²) in [7, 11) is 0. The smallest absolute Gasteiger partial charge is 0.216 e. The Morgan fingerprint density at radius 3 is 2.52 bits per heavy atom. The van der Waals surface area contributed by atoms with Gasteiger partial charge in [0.05, 0.1) is 5.60 Å². The van der Waals surface area contributed by atoms with Gasteiger partial charge in [0.1, 0.15) is 0 Å². The molecule has 4 nitrogen and oxygen atoms in total. The number of benzene rings is 1. The summed E-state index contributed by atoms with van der Waals surface area (Å²) in [5.74, 6) is 0.0124. The van der Waals surface area contributed by atoms with Crippen molar-refractivity contribution in [2.75, 3.05) is 13.1 Å². The highest BCUT2D eigenvalue weighted by molar-refractivity contribution is 5.72. The third kappa shape index (κ3) is 4.83. The molecule has 1 aliphatic carbocycles. The monoisotopic (exact) mass is 290 g/mol. The zero-order valence-electron chi connectivity index (χ0n) is 13.0. The zero-order chi connectivity index (χ0) is 15.3. The van der Waals surface area contributed by atoms with Gasteiger partial charge in [-0.05, 0) is 43.7 Å². The van der Waals surface area contributed by atoms with E-state index in [9.17, 15) is 9.90 Å². The third-order valence-corrected chi connectivity index (χ3v) is 4.29. The molecule has 0 heterocycles. The van der Waals surface area contributed by atoms with Crippen LogP contribution >= 0.6 is 0 Å². The minimum absolute atomic E-state index is 0.0124. The van der Waals surface area contributed by atoms with Gasteiger partial charge in [-0.15, -0.1) is 0 Å². The summed E-state index contributed by atoms with van der Waals surface area (Å²) >= 11 is 0. The summed E-state index contributed by atoms with van der Waals surface area (Å²) in [6.45, 7) is 4.99. The molecule has 0 aliphatic heterocycles. The van der Waals surface area contributed by atoms with Crippen LogP contribution in [0.2, 0.25) is 0 Å². The van der Waals surface area contributed by atoms with Crippen LogP contribution in [0.15, 0.2) is 24.3 Å². The molecule has 1 unspecified atom stereocenters. The van der Waals surface area contributed by atoms with Crippen LogP contribution in [-0.4, -0.2) is 29.7 Å². The Balaban J connectivity index is 1.78. The molecule has 1 aliphatic rings. The molecule has 116 valence electrons. The third-order valence-electron chi connectivity index (χ3n) is 4.29. The lowest BCUT2D eigenvalue weighted by Gasteiger charge is -2.37. The minimum Gasteiger partial charge on any atom is -0.389 e. The van der Waals surface area contributed by atoms with Crippen molar-refractivity contribution in [2.45, 2.75) is 51.2 Å². The van der Waals surface area contributed by atoms with Gasteiger partial charge < -0.3 is 15.7 Å². The first kappa shape index (κ1) is 16.0. The Bertz CT molecular complexity index is 466. The van der Waals surface area contributed by atoms with Gasteiger partial charge in [0.15, 0.2) is 0 Å². The van der Waals surface area contributed by atoms with Crippen LogP contribution in [0.5, 0.6) is 0 Å². The second kappa shape index (κ2) is 7.05. The molecule has 1 aromatic rings. The zero-order valence-corrected chi connectivity index (χ0v) is 13.0. The van der Waals surface area contributed by atoms with Crippen LogP contribution in [-0.2, 0) is 11.2 Å². The van der Waals surface area contributed by atoms with Crippen molar-refractivity contribution in [3.63, 3.8) is 0 Å². The van der Waals surface area contributed by atoms with Crippen molar-refractivity contribution in [3.8, 4) is 0 Å². The molecular weight excluding hydrogens is 264 g/mol. The average molecular weight is 290 g/mol. The van der Waals surface area contributed by atoms with Gasteiger partial charge in [-0.3, -0.25) is 4.79 Å². The summed E-state index contributed by atoms with van der Waals surface area (Å²) in [6, 6.07) is 8.68. The highest BCUT2D eigenvalue weighted by atomic mass is 16.3. The molecule has 1 fully saturated rings. The lowest BCUT2D eigenvalue weighted by molar-refractivity contribution is -0.118. The fraction of sp³-hybridized carbons (Fsp3) is 0.588. The fourth-order valence-corrected chi connectivity index (χ4v) is 2.58. The molecule has 21 heavy (non-hydrogen) atoms. The number of hydrogen-bond donors (Lipinski definition) is 3. The molecule has 1 atom stereocenters. The topological polar surface area (TPSA) is 61.4 Å². The molecule has 0 bridgehead atoms.